The molecule has 1 amide bonds. The Hall–Kier alpha value is -1.39. The van der Waals surface area contributed by atoms with Gasteiger partial charge in [0.15, 0.2) is 0 Å². The average molecular weight is 287 g/mol. The number of nitrogens with one attached hydrogen (secondary N) is 1. The molecule has 2 aliphatic rings. The SMILES string of the molecule is CN1CCN(C(=O)CN[C@@]2(C)C[C@H]2c2ccccc2)CC1. The molecule has 1 heterocycles. The van der Waals surface area contributed by atoms with Crippen LogP contribution in [0.5, 0.6) is 0 Å². The summed E-state index contributed by atoms with van der Waals surface area (Å²) in [5.74, 6) is 0.780. The molecule has 1 aromatic rings. The van der Waals surface area contributed by atoms with Gasteiger partial charge in [-0.05, 0) is 26.0 Å². The van der Waals surface area contributed by atoms with Crippen molar-refractivity contribution >= 4 is 5.91 Å². The molecule has 1 aromatic carbocycles. The number of amides is 1. The van der Waals surface area contributed by atoms with Crippen LogP contribution in [0.25, 0.3) is 0 Å². The maximum atomic E-state index is 12.3. The van der Waals surface area contributed by atoms with Crippen LogP contribution in [0.4, 0.5) is 0 Å². The van der Waals surface area contributed by atoms with Crippen LogP contribution in [-0.2, 0) is 4.79 Å². The molecule has 2 atom stereocenters. The molecule has 0 bridgehead atoms. The summed E-state index contributed by atoms with van der Waals surface area (Å²) in [7, 11) is 2.11. The van der Waals surface area contributed by atoms with Gasteiger partial charge in [0.05, 0.1) is 6.54 Å². The number of carbonyl (C=O) groups excluding carboxylic acids is 1. The fraction of sp³-hybridized carbons (Fsp3) is 0.588. The Morgan fingerprint density at radius 2 is 1.90 bits per heavy atom. The molecule has 1 saturated carbocycles. The van der Waals surface area contributed by atoms with Crippen molar-refractivity contribution in [2.45, 2.75) is 24.8 Å². The molecular weight excluding hydrogens is 262 g/mol. The van der Waals surface area contributed by atoms with Crippen molar-refractivity contribution in [3.8, 4) is 0 Å². The summed E-state index contributed by atoms with van der Waals surface area (Å²) >= 11 is 0. The summed E-state index contributed by atoms with van der Waals surface area (Å²) in [5, 5.41) is 3.49. The van der Waals surface area contributed by atoms with E-state index >= 15 is 0 Å². The van der Waals surface area contributed by atoms with Gasteiger partial charge in [-0.2, -0.15) is 0 Å². The molecule has 0 spiro atoms. The second kappa shape index (κ2) is 5.78. The van der Waals surface area contributed by atoms with E-state index in [-0.39, 0.29) is 11.4 Å². The van der Waals surface area contributed by atoms with Crippen molar-refractivity contribution in [2.75, 3.05) is 39.8 Å². The maximum Gasteiger partial charge on any atom is 0.236 e. The largest absolute Gasteiger partial charge is 0.339 e. The van der Waals surface area contributed by atoms with Crippen LogP contribution >= 0.6 is 0 Å². The van der Waals surface area contributed by atoms with Gasteiger partial charge in [-0.25, -0.2) is 0 Å². The van der Waals surface area contributed by atoms with E-state index in [0.717, 1.165) is 32.6 Å². The smallest absolute Gasteiger partial charge is 0.236 e. The lowest BCUT2D eigenvalue weighted by molar-refractivity contribution is -0.131. The fourth-order valence-corrected chi connectivity index (χ4v) is 3.18. The second-order valence-corrected chi connectivity index (χ2v) is 6.62. The van der Waals surface area contributed by atoms with E-state index < -0.39 is 0 Å². The molecule has 0 radical (unpaired) electrons. The fourth-order valence-electron chi connectivity index (χ4n) is 3.18. The van der Waals surface area contributed by atoms with Gasteiger partial charge in [-0.15, -0.1) is 0 Å². The second-order valence-electron chi connectivity index (χ2n) is 6.62. The third-order valence-corrected chi connectivity index (χ3v) is 4.94. The lowest BCUT2D eigenvalue weighted by Gasteiger charge is -2.32. The van der Waals surface area contributed by atoms with Crippen molar-refractivity contribution in [3.05, 3.63) is 35.9 Å². The maximum absolute atomic E-state index is 12.3. The van der Waals surface area contributed by atoms with Crippen LogP contribution in [0.15, 0.2) is 30.3 Å². The Morgan fingerprint density at radius 1 is 1.24 bits per heavy atom. The monoisotopic (exact) mass is 287 g/mol. The Balaban J connectivity index is 1.49. The Labute approximate surface area is 127 Å². The number of likely N-dealkylation sites (N-methyl/N-ethyl adjacent to an activating group) is 1. The van der Waals surface area contributed by atoms with Crippen LogP contribution in [0, 0.1) is 0 Å². The molecule has 4 nitrogen and oxygen atoms in total. The molecular formula is C17H25N3O. The van der Waals surface area contributed by atoms with E-state index in [2.05, 4.69) is 48.5 Å². The van der Waals surface area contributed by atoms with Gasteiger partial charge in [-0.3, -0.25) is 4.79 Å². The summed E-state index contributed by atoms with van der Waals surface area (Å²) in [6, 6.07) is 10.6. The first-order chi connectivity index (χ1) is 10.1. The van der Waals surface area contributed by atoms with Crippen LogP contribution in [-0.4, -0.2) is 61.0 Å². The van der Waals surface area contributed by atoms with Gasteiger partial charge >= 0.3 is 0 Å². The first kappa shape index (κ1) is 14.5. The molecule has 3 rings (SSSR count). The summed E-state index contributed by atoms with van der Waals surface area (Å²) in [4.78, 5) is 16.5. The third-order valence-electron chi connectivity index (χ3n) is 4.94. The molecule has 1 saturated heterocycles. The van der Waals surface area contributed by atoms with Crippen molar-refractivity contribution in [1.29, 1.82) is 0 Å². The van der Waals surface area contributed by atoms with E-state index in [4.69, 9.17) is 0 Å². The molecule has 1 aliphatic carbocycles. The van der Waals surface area contributed by atoms with E-state index in [1.165, 1.54) is 5.56 Å². The van der Waals surface area contributed by atoms with Gasteiger partial charge in [0.1, 0.15) is 0 Å². The number of hydrogen-bond donors (Lipinski definition) is 1. The van der Waals surface area contributed by atoms with Gasteiger partial charge in [0.2, 0.25) is 5.91 Å². The lowest BCUT2D eigenvalue weighted by Crippen LogP contribution is -2.50. The molecule has 2 fully saturated rings. The number of piperazine rings is 1. The van der Waals surface area contributed by atoms with Crippen LogP contribution in [0.3, 0.4) is 0 Å². The van der Waals surface area contributed by atoms with E-state index in [1.807, 2.05) is 11.0 Å². The predicted molar refractivity (Wildman–Crippen MR) is 84.3 cm³/mol. The Kier molecular flexibility index (Phi) is 4.00. The van der Waals surface area contributed by atoms with Gasteiger partial charge in [0.25, 0.3) is 0 Å². The third kappa shape index (κ3) is 3.27. The van der Waals surface area contributed by atoms with Crippen molar-refractivity contribution < 1.29 is 4.79 Å². The number of rotatable bonds is 4. The van der Waals surface area contributed by atoms with Crippen molar-refractivity contribution in [1.82, 2.24) is 15.1 Å². The normalized spacial score (nSPS) is 29.4. The van der Waals surface area contributed by atoms with Crippen LogP contribution in [0.2, 0.25) is 0 Å². The quantitative estimate of drug-likeness (QED) is 0.906. The van der Waals surface area contributed by atoms with Gasteiger partial charge in [0, 0.05) is 37.6 Å². The highest BCUT2D eigenvalue weighted by molar-refractivity contribution is 5.78. The summed E-state index contributed by atoms with van der Waals surface area (Å²) in [5.41, 5.74) is 1.46. The first-order valence-corrected chi connectivity index (χ1v) is 7.85. The minimum atomic E-state index is 0.0869. The number of nitrogens with zero attached hydrogens (tertiary/aromatic N) is 2. The molecule has 0 unspecified atom stereocenters. The summed E-state index contributed by atoms with van der Waals surface area (Å²) < 4.78 is 0. The topological polar surface area (TPSA) is 35.6 Å². The summed E-state index contributed by atoms with van der Waals surface area (Å²) in [6.07, 6.45) is 1.12. The zero-order valence-electron chi connectivity index (χ0n) is 13.0. The average Bonchev–Trinajstić information content (AvgIpc) is 3.19. The van der Waals surface area contributed by atoms with E-state index in [9.17, 15) is 4.79 Å². The molecule has 21 heavy (non-hydrogen) atoms. The minimum absolute atomic E-state index is 0.0869. The molecule has 1 N–H and O–H groups in total. The van der Waals surface area contributed by atoms with E-state index in [1.54, 1.807) is 0 Å². The summed E-state index contributed by atoms with van der Waals surface area (Å²) in [6.45, 7) is 6.36. The van der Waals surface area contributed by atoms with Gasteiger partial charge < -0.3 is 15.1 Å². The van der Waals surface area contributed by atoms with E-state index in [0.29, 0.717) is 12.5 Å². The molecule has 1 aliphatic heterocycles. The molecule has 4 heteroatoms. The molecule has 114 valence electrons. The number of benzene rings is 1. The van der Waals surface area contributed by atoms with Gasteiger partial charge in [-0.1, -0.05) is 30.3 Å². The lowest BCUT2D eigenvalue weighted by atomic mass is 10.1. The Bertz CT molecular complexity index is 496. The predicted octanol–water partition coefficient (Wildman–Crippen LogP) is 1.30. The van der Waals surface area contributed by atoms with Crippen molar-refractivity contribution in [3.63, 3.8) is 0 Å². The zero-order chi connectivity index (χ0) is 14.9. The highest BCUT2D eigenvalue weighted by Crippen LogP contribution is 2.50. The highest BCUT2D eigenvalue weighted by atomic mass is 16.2. The van der Waals surface area contributed by atoms with Crippen LogP contribution in [0.1, 0.15) is 24.8 Å². The van der Waals surface area contributed by atoms with Crippen LogP contribution < -0.4 is 5.32 Å². The minimum Gasteiger partial charge on any atom is -0.339 e. The van der Waals surface area contributed by atoms with Crippen molar-refractivity contribution in [2.24, 2.45) is 0 Å². The Morgan fingerprint density at radius 3 is 2.57 bits per heavy atom. The highest BCUT2D eigenvalue weighted by Gasteiger charge is 2.50. The number of carbonyl (C=O) groups is 1. The molecule has 0 aromatic heterocycles. The number of hydrogen-bond acceptors (Lipinski definition) is 3. The first-order valence-electron chi connectivity index (χ1n) is 7.85. The standard InChI is InChI=1S/C17H25N3O/c1-17(12-15(17)14-6-4-3-5-7-14)18-13-16(21)20-10-8-19(2)9-11-20/h3-7,15,18H,8-13H2,1-2H3/t15-,17-/m0/s1. The zero-order valence-corrected chi connectivity index (χ0v) is 13.0.